The lowest BCUT2D eigenvalue weighted by atomic mass is 9.98. The van der Waals surface area contributed by atoms with Crippen LogP contribution in [0.1, 0.15) is 35.6 Å². The predicted octanol–water partition coefficient (Wildman–Crippen LogP) is 5.01. The maximum Gasteiger partial charge on any atom is 0.303 e. The summed E-state index contributed by atoms with van der Waals surface area (Å²) in [5.41, 5.74) is 2.85. The van der Waals surface area contributed by atoms with E-state index in [-0.39, 0.29) is 11.3 Å². The van der Waals surface area contributed by atoms with Crippen molar-refractivity contribution in [1.82, 2.24) is 4.72 Å². The largest absolute Gasteiger partial charge is 0.481 e. The normalized spacial score (nSPS) is 12.4. The molecule has 7 heteroatoms. The number of carbonyl (C=O) groups is 1. The van der Waals surface area contributed by atoms with E-state index in [1.165, 1.54) is 12.1 Å². The van der Waals surface area contributed by atoms with Crippen molar-refractivity contribution in [2.75, 3.05) is 0 Å². The van der Waals surface area contributed by atoms with Gasteiger partial charge >= 0.3 is 5.97 Å². The molecule has 0 bridgehead atoms. The molecule has 162 valence electrons. The van der Waals surface area contributed by atoms with Crippen molar-refractivity contribution >= 4 is 27.6 Å². The smallest absolute Gasteiger partial charge is 0.303 e. The van der Waals surface area contributed by atoms with Crippen molar-refractivity contribution in [3.05, 3.63) is 101 Å². The molecule has 0 radical (unpaired) electrons. The second-order valence-electron chi connectivity index (χ2n) is 7.31. The van der Waals surface area contributed by atoms with Crippen LogP contribution in [-0.2, 0) is 27.7 Å². The lowest BCUT2D eigenvalue weighted by Crippen LogP contribution is -2.30. The number of rotatable bonds is 10. The molecule has 0 amide bonds. The third kappa shape index (κ3) is 6.92. The third-order valence-corrected chi connectivity index (χ3v) is 6.63. The Kier molecular flexibility index (Phi) is 7.85. The summed E-state index contributed by atoms with van der Waals surface area (Å²) in [6.45, 7) is 0. The van der Waals surface area contributed by atoms with Crippen LogP contribution < -0.4 is 4.72 Å². The minimum Gasteiger partial charge on any atom is -0.481 e. The Balaban J connectivity index is 1.83. The monoisotopic (exact) mass is 457 g/mol. The van der Waals surface area contributed by atoms with E-state index in [9.17, 15) is 13.2 Å². The first-order chi connectivity index (χ1) is 14.8. The van der Waals surface area contributed by atoms with Gasteiger partial charge in [-0.2, -0.15) is 0 Å². The highest BCUT2D eigenvalue weighted by molar-refractivity contribution is 7.89. The van der Waals surface area contributed by atoms with Gasteiger partial charge in [-0.25, -0.2) is 13.1 Å². The van der Waals surface area contributed by atoms with Gasteiger partial charge in [0.2, 0.25) is 10.0 Å². The summed E-state index contributed by atoms with van der Waals surface area (Å²) in [4.78, 5) is 10.8. The minimum absolute atomic E-state index is 0.114. The van der Waals surface area contributed by atoms with E-state index in [1.807, 2.05) is 54.6 Å². The molecule has 1 unspecified atom stereocenters. The van der Waals surface area contributed by atoms with Gasteiger partial charge in [0.25, 0.3) is 0 Å². The van der Waals surface area contributed by atoms with E-state index in [0.29, 0.717) is 24.3 Å². The second kappa shape index (κ2) is 10.6. The number of carboxylic acids is 1. The quantitative estimate of drug-likeness (QED) is 0.448. The summed E-state index contributed by atoms with van der Waals surface area (Å²) in [6, 6.07) is 23.0. The van der Waals surface area contributed by atoms with Crippen LogP contribution in [0, 0.1) is 0 Å². The summed E-state index contributed by atoms with van der Waals surface area (Å²) in [7, 11) is -3.78. The van der Waals surface area contributed by atoms with Gasteiger partial charge in [-0.3, -0.25) is 4.79 Å². The summed E-state index contributed by atoms with van der Waals surface area (Å²) >= 11 is 5.98. The molecule has 0 spiro atoms. The predicted molar refractivity (Wildman–Crippen MR) is 122 cm³/mol. The molecule has 31 heavy (non-hydrogen) atoms. The lowest BCUT2D eigenvalue weighted by molar-refractivity contribution is -0.137. The van der Waals surface area contributed by atoms with Crippen molar-refractivity contribution in [3.8, 4) is 0 Å². The Labute approximate surface area is 187 Å². The van der Waals surface area contributed by atoms with Gasteiger partial charge in [0.1, 0.15) is 0 Å². The van der Waals surface area contributed by atoms with E-state index in [1.54, 1.807) is 12.1 Å². The van der Waals surface area contributed by atoms with Gasteiger partial charge in [-0.15, -0.1) is 0 Å². The first-order valence-electron chi connectivity index (χ1n) is 9.96. The molecule has 0 aliphatic carbocycles. The van der Waals surface area contributed by atoms with Crippen LogP contribution in [0.3, 0.4) is 0 Å². The molecule has 0 fully saturated rings. The standard InChI is InChI=1S/C24H24ClNO4S/c25-21-9-5-10-22(17-21)31(29,30)26-23(16-19-6-2-1-3-7-19)20-14-12-18(13-15-20)8-4-11-24(27)28/h1-3,5-7,9-10,12-15,17,23,26H,4,8,11,16H2,(H,27,28). The molecular formula is C24H24ClNO4S. The molecule has 0 saturated carbocycles. The van der Waals surface area contributed by atoms with E-state index < -0.39 is 22.0 Å². The van der Waals surface area contributed by atoms with E-state index in [0.717, 1.165) is 16.7 Å². The van der Waals surface area contributed by atoms with Crippen LogP contribution in [0.15, 0.2) is 83.8 Å². The molecule has 0 heterocycles. The fraction of sp³-hybridized carbons (Fsp3) is 0.208. The highest BCUT2D eigenvalue weighted by Crippen LogP contribution is 2.24. The minimum atomic E-state index is -3.78. The van der Waals surface area contributed by atoms with Crippen molar-refractivity contribution in [2.45, 2.75) is 36.6 Å². The summed E-state index contributed by atoms with van der Waals surface area (Å²) < 4.78 is 28.8. The highest BCUT2D eigenvalue weighted by atomic mass is 35.5. The first kappa shape index (κ1) is 23.0. The Hall–Kier alpha value is -2.67. The van der Waals surface area contributed by atoms with Gasteiger partial charge in [-0.1, -0.05) is 72.3 Å². The number of hydrogen-bond donors (Lipinski definition) is 2. The molecule has 0 aromatic heterocycles. The molecule has 5 nitrogen and oxygen atoms in total. The maximum absolute atomic E-state index is 13.0. The molecule has 0 aliphatic heterocycles. The van der Waals surface area contributed by atoms with E-state index >= 15 is 0 Å². The van der Waals surface area contributed by atoms with Gasteiger partial charge in [-0.05, 0) is 54.2 Å². The van der Waals surface area contributed by atoms with Crippen LogP contribution >= 0.6 is 11.6 Å². The molecule has 3 aromatic carbocycles. The Morgan fingerprint density at radius 1 is 0.935 bits per heavy atom. The SMILES string of the molecule is O=C(O)CCCc1ccc(C(Cc2ccccc2)NS(=O)(=O)c2cccc(Cl)c2)cc1. The van der Waals surface area contributed by atoms with Gasteiger partial charge in [0.05, 0.1) is 10.9 Å². The van der Waals surface area contributed by atoms with Crippen molar-refractivity contribution in [2.24, 2.45) is 0 Å². The topological polar surface area (TPSA) is 83.5 Å². The maximum atomic E-state index is 13.0. The Bertz CT molecular complexity index is 1120. The average Bonchev–Trinajstić information content (AvgIpc) is 2.74. The molecule has 3 rings (SSSR count). The molecule has 2 N–H and O–H groups in total. The number of aryl methyl sites for hydroxylation is 1. The number of halogens is 1. The Morgan fingerprint density at radius 3 is 2.29 bits per heavy atom. The van der Waals surface area contributed by atoms with Crippen LogP contribution in [0.25, 0.3) is 0 Å². The zero-order chi connectivity index (χ0) is 22.3. The lowest BCUT2D eigenvalue weighted by Gasteiger charge is -2.20. The molecule has 1 atom stereocenters. The first-order valence-corrected chi connectivity index (χ1v) is 11.8. The fourth-order valence-corrected chi connectivity index (χ4v) is 4.85. The zero-order valence-electron chi connectivity index (χ0n) is 16.9. The van der Waals surface area contributed by atoms with E-state index in [2.05, 4.69) is 4.72 Å². The summed E-state index contributed by atoms with van der Waals surface area (Å²) in [6.07, 6.45) is 1.82. The molecule has 0 aliphatic rings. The third-order valence-electron chi connectivity index (χ3n) is 4.92. The number of nitrogens with one attached hydrogen (secondary N) is 1. The van der Waals surface area contributed by atoms with Crippen LogP contribution in [0.4, 0.5) is 0 Å². The van der Waals surface area contributed by atoms with Crippen molar-refractivity contribution in [3.63, 3.8) is 0 Å². The molecule has 0 saturated heterocycles. The van der Waals surface area contributed by atoms with Crippen molar-refractivity contribution < 1.29 is 18.3 Å². The number of hydrogen-bond acceptors (Lipinski definition) is 3. The Morgan fingerprint density at radius 2 is 1.65 bits per heavy atom. The van der Waals surface area contributed by atoms with Gasteiger partial charge in [0, 0.05) is 11.4 Å². The van der Waals surface area contributed by atoms with Gasteiger partial charge < -0.3 is 5.11 Å². The molecule has 3 aromatic rings. The molecular weight excluding hydrogens is 434 g/mol. The second-order valence-corrected chi connectivity index (χ2v) is 9.46. The number of benzene rings is 3. The summed E-state index contributed by atoms with van der Waals surface area (Å²) in [5.74, 6) is -0.810. The fourth-order valence-electron chi connectivity index (χ4n) is 3.33. The summed E-state index contributed by atoms with van der Waals surface area (Å²) in [5, 5.41) is 9.15. The average molecular weight is 458 g/mol. The number of aliphatic carboxylic acids is 1. The highest BCUT2D eigenvalue weighted by Gasteiger charge is 2.22. The van der Waals surface area contributed by atoms with Gasteiger partial charge in [0.15, 0.2) is 0 Å². The van der Waals surface area contributed by atoms with Crippen molar-refractivity contribution in [1.29, 1.82) is 0 Å². The number of sulfonamides is 1. The van der Waals surface area contributed by atoms with E-state index in [4.69, 9.17) is 16.7 Å². The van der Waals surface area contributed by atoms with Crippen LogP contribution in [0.5, 0.6) is 0 Å². The van der Waals surface area contributed by atoms with Crippen LogP contribution in [0.2, 0.25) is 5.02 Å². The van der Waals surface area contributed by atoms with Crippen LogP contribution in [-0.4, -0.2) is 19.5 Å². The number of carboxylic acid groups (broad SMARTS) is 1. The zero-order valence-corrected chi connectivity index (χ0v) is 18.4.